The number of carbonyl (C=O) groups is 7. The van der Waals surface area contributed by atoms with Crippen LogP contribution in [-0.4, -0.2) is 105 Å². The topological polar surface area (TPSA) is 244 Å². The molecule has 8 bridgehead atoms. The Bertz CT molecular complexity index is 2070. The minimum absolute atomic E-state index is 0.00569. The molecule has 2 amide bonds. The summed E-state index contributed by atoms with van der Waals surface area (Å²) in [6, 6.07) is -0.820. The molecule has 0 aromatic heterocycles. The molecule has 1 saturated carbocycles. The van der Waals surface area contributed by atoms with Gasteiger partial charge in [0.1, 0.15) is 5.66 Å². The van der Waals surface area contributed by atoms with Crippen LogP contribution in [0.1, 0.15) is 104 Å². The van der Waals surface area contributed by atoms with Gasteiger partial charge in [-0.3, -0.25) is 48.5 Å². The highest BCUT2D eigenvalue weighted by molar-refractivity contribution is 6.26. The van der Waals surface area contributed by atoms with Gasteiger partial charge in [0.25, 0.3) is 0 Å². The van der Waals surface area contributed by atoms with Gasteiger partial charge in [0.2, 0.25) is 11.8 Å². The van der Waals surface area contributed by atoms with Gasteiger partial charge >= 0.3 is 23.9 Å². The van der Waals surface area contributed by atoms with Gasteiger partial charge in [-0.05, 0) is 44.1 Å². The maximum Gasteiger partial charge on any atom is 0.306 e. The Morgan fingerprint density at radius 1 is 0.852 bits per heavy atom. The van der Waals surface area contributed by atoms with Crippen molar-refractivity contribution in [1.82, 2.24) is 10.6 Å². The second-order valence-corrected chi connectivity index (χ2v) is 18.2. The zero-order valence-corrected chi connectivity index (χ0v) is 35.9. The number of methoxy groups -OCH3 is 4. The lowest BCUT2D eigenvalue weighted by molar-refractivity contribution is -0.142. The van der Waals surface area contributed by atoms with Crippen LogP contribution < -0.4 is 16.4 Å². The molecular formula is C44H58N6O11. The fourth-order valence-corrected chi connectivity index (χ4v) is 11.8. The molecule has 0 aromatic rings. The lowest BCUT2D eigenvalue weighted by Gasteiger charge is -2.42. The number of allylic oxidation sites excluding steroid dienone is 4. The van der Waals surface area contributed by atoms with E-state index in [9.17, 15) is 33.6 Å². The molecule has 7 aliphatic rings. The first-order valence-electron chi connectivity index (χ1n) is 21.4. The van der Waals surface area contributed by atoms with Crippen molar-refractivity contribution < 1.29 is 52.5 Å². The fraction of sp³-hybridized carbons (Fsp3) is 0.682. The normalized spacial score (nSPS) is 35.8. The molecule has 0 radical (unpaired) electrons. The fourth-order valence-electron chi connectivity index (χ4n) is 11.8. The molecule has 3 fully saturated rings. The monoisotopic (exact) mass is 846 g/mol. The van der Waals surface area contributed by atoms with Crippen molar-refractivity contribution in [2.75, 3.05) is 28.4 Å². The molecule has 6 heterocycles. The van der Waals surface area contributed by atoms with E-state index in [-0.39, 0.29) is 93.8 Å². The van der Waals surface area contributed by atoms with Crippen molar-refractivity contribution in [2.24, 2.45) is 61.1 Å². The first-order chi connectivity index (χ1) is 29.0. The van der Waals surface area contributed by atoms with Crippen molar-refractivity contribution in [3.8, 4) is 0 Å². The molecule has 0 unspecified atom stereocenters. The highest BCUT2D eigenvalue weighted by atomic mass is 16.5. The highest BCUT2D eigenvalue weighted by Gasteiger charge is 2.66. The maximum absolute atomic E-state index is 14.2. The summed E-state index contributed by atoms with van der Waals surface area (Å²) < 4.78 is 20.3. The number of ketones is 1. The number of amides is 2. The van der Waals surface area contributed by atoms with Gasteiger partial charge in [-0.2, -0.15) is 0 Å². The molecule has 330 valence electrons. The average Bonchev–Trinajstić information content (AvgIpc) is 3.94. The van der Waals surface area contributed by atoms with E-state index in [1.165, 1.54) is 28.4 Å². The second-order valence-electron chi connectivity index (χ2n) is 18.2. The Morgan fingerprint density at radius 2 is 1.51 bits per heavy atom. The number of ether oxygens (including phenoxy) is 4. The Balaban J connectivity index is 1.47. The number of hydrogen-bond donors (Lipinski definition) is 3. The highest BCUT2D eigenvalue weighted by Crippen LogP contribution is 2.59. The molecule has 1 spiro atoms. The summed E-state index contributed by atoms with van der Waals surface area (Å²) >= 11 is 0. The predicted molar refractivity (Wildman–Crippen MR) is 220 cm³/mol. The largest absolute Gasteiger partial charge is 0.469 e. The number of nitrogens with one attached hydrogen (secondary N) is 2. The van der Waals surface area contributed by atoms with E-state index in [1.54, 1.807) is 0 Å². The summed E-state index contributed by atoms with van der Waals surface area (Å²) in [5, 5.41) is 7.02. The van der Waals surface area contributed by atoms with E-state index in [0.717, 1.165) is 5.71 Å². The third-order valence-electron chi connectivity index (χ3n) is 14.9. The molecule has 2 saturated heterocycles. The van der Waals surface area contributed by atoms with Crippen molar-refractivity contribution in [3.63, 3.8) is 0 Å². The first kappa shape index (κ1) is 43.9. The summed E-state index contributed by atoms with van der Waals surface area (Å²) in [6.45, 7) is 3.97. The van der Waals surface area contributed by atoms with Crippen LogP contribution >= 0.6 is 0 Å². The molecule has 61 heavy (non-hydrogen) atoms. The lowest BCUT2D eigenvalue weighted by Crippen LogP contribution is -2.59. The van der Waals surface area contributed by atoms with Gasteiger partial charge in [-0.1, -0.05) is 13.8 Å². The van der Waals surface area contributed by atoms with Gasteiger partial charge < -0.3 is 35.3 Å². The number of rotatable bonds is 13. The standard InChI is InChI=1S/C44H58N6O11/c1-42(20-33(45)52)26(9-13-36(55)59-4)30-19-44-43(2,21-34(53)50-44)27(10-14-37(56)60-5)29(49-44)18-28-25(17-38(57)61-6)24(8-12-35(54)58-3)41(48-28)39-31(51)11-7-22-15-23(46-40(22)39)16-32(42)47-30/h18,22-27,30,49H,7-17,19-21H2,1-6H3,(H2,45,52)(H,50,53)/b29-18?,41-39-/t22-,23+,24-,25-,26+,27+,30+,42-,43-,44+/m0/s1. The number of carbonyl (C=O) groups excluding carboxylic acids is 7. The third-order valence-corrected chi connectivity index (χ3v) is 14.9. The van der Waals surface area contributed by atoms with Gasteiger partial charge in [0, 0.05) is 103 Å². The molecular weight excluding hydrogens is 789 g/mol. The number of aliphatic imine (C=N–C) groups is 3. The third kappa shape index (κ3) is 7.92. The SMILES string of the molecule is COC(=O)CC[C@@H]1/C2=C3\C(=O)CC[C@H]4C[C@H](CC5=N[C@H](C[C@@]67NC(=O)C[C@@]6(C)[C@H](CCC(=O)OC)C(=CC(=N2)[C@H]1CC(=O)OC)N7)[C@@H](CCC(=O)OC)[C@]5(C)CC(N)=O)N=C34. The van der Waals surface area contributed by atoms with Gasteiger partial charge in [-0.15, -0.1) is 0 Å². The number of hydrogen-bond acceptors (Lipinski definition) is 15. The van der Waals surface area contributed by atoms with E-state index in [1.807, 2.05) is 19.9 Å². The van der Waals surface area contributed by atoms with E-state index in [2.05, 4.69) is 10.6 Å². The summed E-state index contributed by atoms with van der Waals surface area (Å²) in [5.74, 6) is -4.70. The number of Topliss-reactive ketones (excluding diaryl/α,β-unsaturated/α-hetero) is 1. The van der Waals surface area contributed by atoms with Crippen molar-refractivity contribution in [1.29, 1.82) is 0 Å². The average molecular weight is 847 g/mol. The predicted octanol–water partition coefficient (Wildman–Crippen LogP) is 2.98. The molecule has 4 N–H and O–H groups in total. The van der Waals surface area contributed by atoms with E-state index < -0.39 is 70.1 Å². The second kappa shape index (κ2) is 16.9. The van der Waals surface area contributed by atoms with Crippen LogP contribution in [0.15, 0.2) is 38.0 Å². The van der Waals surface area contributed by atoms with Gasteiger partial charge in [0.05, 0.1) is 63.9 Å². The summed E-state index contributed by atoms with van der Waals surface area (Å²) in [5.41, 5.74) is 6.50. The Kier molecular flexibility index (Phi) is 12.2. The molecule has 0 aromatic carbocycles. The lowest BCUT2D eigenvalue weighted by atomic mass is 9.63. The summed E-state index contributed by atoms with van der Waals surface area (Å²) in [4.78, 5) is 108. The van der Waals surface area contributed by atoms with Crippen LogP contribution in [-0.2, 0) is 52.5 Å². The minimum Gasteiger partial charge on any atom is -0.469 e. The number of nitrogens with zero attached hydrogens (tertiary/aromatic N) is 3. The molecule has 6 aliphatic heterocycles. The van der Waals surface area contributed by atoms with E-state index in [4.69, 9.17) is 39.7 Å². The van der Waals surface area contributed by atoms with Crippen LogP contribution in [0.4, 0.5) is 0 Å². The van der Waals surface area contributed by atoms with Crippen molar-refractivity contribution in [3.05, 3.63) is 23.0 Å². The number of nitrogens with two attached hydrogens (primary N) is 1. The summed E-state index contributed by atoms with van der Waals surface area (Å²) in [7, 11) is 5.26. The minimum atomic E-state index is -1.14. The Labute approximate surface area is 355 Å². The molecule has 7 rings (SSSR count). The quantitative estimate of drug-likeness (QED) is 0.179. The number of fused-ring (bicyclic) bond motifs is 4. The van der Waals surface area contributed by atoms with Crippen molar-refractivity contribution >= 4 is 58.6 Å². The zero-order chi connectivity index (χ0) is 44.0. The summed E-state index contributed by atoms with van der Waals surface area (Å²) in [6.07, 6.45) is 4.91. The van der Waals surface area contributed by atoms with Crippen molar-refractivity contribution in [2.45, 2.75) is 121 Å². The van der Waals surface area contributed by atoms with Crippen LogP contribution in [0.5, 0.6) is 0 Å². The maximum atomic E-state index is 14.2. The van der Waals surface area contributed by atoms with Crippen LogP contribution in [0, 0.1) is 40.4 Å². The molecule has 1 aliphatic carbocycles. The molecule has 17 heteroatoms. The van der Waals surface area contributed by atoms with E-state index in [0.29, 0.717) is 54.1 Å². The van der Waals surface area contributed by atoms with Crippen LogP contribution in [0.2, 0.25) is 0 Å². The van der Waals surface area contributed by atoms with E-state index >= 15 is 0 Å². The number of primary amides is 1. The Morgan fingerprint density at radius 3 is 2.16 bits per heavy atom. The molecule has 17 nitrogen and oxygen atoms in total. The van der Waals surface area contributed by atoms with Gasteiger partial charge in [0.15, 0.2) is 5.78 Å². The van der Waals surface area contributed by atoms with Gasteiger partial charge in [-0.25, -0.2) is 0 Å². The zero-order valence-electron chi connectivity index (χ0n) is 35.9. The smallest absolute Gasteiger partial charge is 0.306 e. The number of esters is 4. The Hall–Kier alpha value is -5.22. The van der Waals surface area contributed by atoms with Crippen LogP contribution in [0.25, 0.3) is 0 Å². The molecule has 10 atom stereocenters. The first-order valence-corrected chi connectivity index (χ1v) is 21.4. The van der Waals surface area contributed by atoms with Crippen LogP contribution in [0.3, 0.4) is 0 Å².